The Morgan fingerprint density at radius 3 is 2.22 bits per heavy atom. The van der Waals surface area contributed by atoms with Crippen molar-refractivity contribution >= 4 is 35.4 Å². The zero-order chi connectivity index (χ0) is 33.9. The number of nitrogens with two attached hydrogens (primary N) is 1. The van der Waals surface area contributed by atoms with Crippen molar-refractivity contribution in [3.63, 3.8) is 0 Å². The van der Waals surface area contributed by atoms with E-state index in [0.717, 1.165) is 68.9 Å². The summed E-state index contributed by atoms with van der Waals surface area (Å²) in [6.07, 6.45) is 4.01. The van der Waals surface area contributed by atoms with Crippen molar-refractivity contribution in [2.75, 3.05) is 30.0 Å². The molecule has 0 spiro atoms. The highest BCUT2D eigenvalue weighted by Crippen LogP contribution is 2.28. The number of carbonyl (C=O) groups excluding carboxylic acids is 3. The molecule has 7 N–H and O–H groups in total. The molecule has 0 saturated carbocycles. The van der Waals surface area contributed by atoms with Crippen molar-refractivity contribution in [2.45, 2.75) is 134 Å². The molecule has 264 valence electrons. The lowest BCUT2D eigenvalue weighted by Gasteiger charge is -2.39. The van der Waals surface area contributed by atoms with Crippen molar-refractivity contribution in [1.29, 1.82) is 0 Å². The van der Waals surface area contributed by atoms with E-state index in [1.165, 1.54) is 18.0 Å². The lowest BCUT2D eigenvalue weighted by atomic mass is 9.98. The maximum atomic E-state index is 12.7. The summed E-state index contributed by atoms with van der Waals surface area (Å²) in [6, 6.07) is -0.983. The number of rotatable bonds is 23. The molecule has 0 bridgehead atoms. The van der Waals surface area contributed by atoms with E-state index in [4.69, 9.17) is 19.9 Å². The fourth-order valence-corrected chi connectivity index (χ4v) is 5.71. The number of nitrogens with zero attached hydrogens (tertiary/aromatic N) is 3. The molecule has 1 aliphatic heterocycles. The summed E-state index contributed by atoms with van der Waals surface area (Å²) in [5.41, 5.74) is 6.08. The number of hydrogen-bond donors (Lipinski definition) is 6. The zero-order valence-corrected chi connectivity index (χ0v) is 27.8. The predicted octanol–water partition coefficient (Wildman–Crippen LogP) is 1.43. The summed E-state index contributed by atoms with van der Waals surface area (Å²) in [4.78, 5) is 37.4. The van der Waals surface area contributed by atoms with Gasteiger partial charge in [0.25, 0.3) is 0 Å². The van der Waals surface area contributed by atoms with Crippen molar-refractivity contribution < 1.29 is 49.0 Å². The van der Waals surface area contributed by atoms with Gasteiger partial charge >= 0.3 is 11.9 Å². The number of unbranched alkanes of at least 4 members (excludes halogenated alkanes) is 8. The Hall–Kier alpha value is -2.34. The van der Waals surface area contributed by atoms with Crippen LogP contribution in [0.25, 0.3) is 0 Å². The van der Waals surface area contributed by atoms with Gasteiger partial charge in [-0.25, -0.2) is 4.68 Å². The van der Waals surface area contributed by atoms with Gasteiger partial charge in [-0.05, 0) is 12.8 Å². The first kappa shape index (κ1) is 39.8. The molecule has 1 saturated heterocycles. The van der Waals surface area contributed by atoms with E-state index in [1.54, 1.807) is 0 Å². The molecule has 1 aromatic rings. The van der Waals surface area contributed by atoms with Gasteiger partial charge in [-0.2, -0.15) is 11.8 Å². The topological polar surface area (TPSA) is 229 Å². The number of aromatic nitrogens is 3. The monoisotopic (exact) mass is 675 g/mol. The first-order chi connectivity index (χ1) is 22.1. The van der Waals surface area contributed by atoms with Crippen LogP contribution in [0.15, 0.2) is 6.20 Å². The van der Waals surface area contributed by atoms with Gasteiger partial charge in [0.2, 0.25) is 5.91 Å². The van der Waals surface area contributed by atoms with E-state index in [-0.39, 0.29) is 42.3 Å². The molecule has 15 nitrogen and oxygen atoms in total. The van der Waals surface area contributed by atoms with Crippen LogP contribution in [0.2, 0.25) is 0 Å². The minimum absolute atomic E-state index is 0.00485. The molecule has 1 aromatic heterocycles. The second-order valence-electron chi connectivity index (χ2n) is 11.6. The average molecular weight is 676 g/mol. The van der Waals surface area contributed by atoms with E-state index in [2.05, 4.69) is 29.5 Å². The van der Waals surface area contributed by atoms with Crippen LogP contribution >= 0.6 is 11.8 Å². The Morgan fingerprint density at radius 1 is 0.957 bits per heavy atom. The minimum Gasteiger partial charge on any atom is -0.462 e. The van der Waals surface area contributed by atoms with Crippen LogP contribution in [-0.2, 0) is 28.6 Å². The van der Waals surface area contributed by atoms with E-state index in [0.29, 0.717) is 6.42 Å². The van der Waals surface area contributed by atoms with Crippen LogP contribution in [0, 0.1) is 0 Å². The summed E-state index contributed by atoms with van der Waals surface area (Å²) >= 11 is 1.27. The number of ether oxygens (including phenoxy) is 3. The highest BCUT2D eigenvalue weighted by molar-refractivity contribution is 7.99. The third kappa shape index (κ3) is 14.2. The lowest BCUT2D eigenvalue weighted by molar-refractivity contribution is -0.254. The molecule has 4 unspecified atom stereocenters. The number of anilines is 1. The van der Waals surface area contributed by atoms with E-state index in [9.17, 15) is 34.8 Å². The fourth-order valence-electron chi connectivity index (χ4n) is 4.74. The van der Waals surface area contributed by atoms with Gasteiger partial charge in [0.15, 0.2) is 12.0 Å². The largest absolute Gasteiger partial charge is 0.462 e. The normalized spacial score (nSPS) is 22.6. The Morgan fingerprint density at radius 2 is 1.59 bits per heavy atom. The lowest BCUT2D eigenvalue weighted by Crippen LogP contribution is -2.56. The molecular weight excluding hydrogens is 622 g/mol. The Balaban J connectivity index is 1.85. The predicted molar refractivity (Wildman–Crippen MR) is 171 cm³/mol. The van der Waals surface area contributed by atoms with E-state index in [1.807, 2.05) is 0 Å². The minimum atomic E-state index is -1.60. The Bertz CT molecular complexity index is 1030. The molecule has 16 heteroatoms. The van der Waals surface area contributed by atoms with Crippen molar-refractivity contribution in [3.8, 4) is 0 Å². The highest BCUT2D eigenvalue weighted by atomic mass is 32.2. The number of thioether (sulfide) groups is 1. The molecule has 2 heterocycles. The molecule has 0 aromatic carbocycles. The fraction of sp³-hybridized carbons (Fsp3) is 0.833. The molecule has 0 radical (unpaired) electrons. The van der Waals surface area contributed by atoms with Crippen LogP contribution in [-0.4, -0.2) is 115 Å². The number of hydrogen-bond acceptors (Lipinski definition) is 14. The molecule has 46 heavy (non-hydrogen) atoms. The summed E-state index contributed by atoms with van der Waals surface area (Å²) in [5.74, 6) is -0.863. The first-order valence-electron chi connectivity index (χ1n) is 16.3. The summed E-state index contributed by atoms with van der Waals surface area (Å²) < 4.78 is 17.5. The van der Waals surface area contributed by atoms with Crippen LogP contribution in [0.1, 0.15) is 97.1 Å². The molecule has 1 amide bonds. The van der Waals surface area contributed by atoms with Crippen molar-refractivity contribution in [1.82, 2.24) is 15.0 Å². The molecule has 1 fully saturated rings. The Labute approximate surface area is 274 Å². The number of amides is 1. The molecular formula is C30H53N5O10S. The van der Waals surface area contributed by atoms with Crippen LogP contribution in [0.3, 0.4) is 0 Å². The zero-order valence-electron chi connectivity index (χ0n) is 27.0. The highest BCUT2D eigenvalue weighted by Gasteiger charge is 2.44. The van der Waals surface area contributed by atoms with Gasteiger partial charge in [-0.1, -0.05) is 70.4 Å². The van der Waals surface area contributed by atoms with Crippen LogP contribution < -0.4 is 11.1 Å². The van der Waals surface area contributed by atoms with Crippen LogP contribution in [0.5, 0.6) is 0 Å². The second-order valence-corrected chi connectivity index (χ2v) is 12.6. The summed E-state index contributed by atoms with van der Waals surface area (Å²) in [5, 5.41) is 49.8. The van der Waals surface area contributed by atoms with E-state index < -0.39 is 55.3 Å². The third-order valence-corrected chi connectivity index (χ3v) is 8.73. The maximum Gasteiger partial charge on any atom is 0.306 e. The molecule has 0 aliphatic carbocycles. The smallest absolute Gasteiger partial charge is 0.306 e. The SMILES string of the molecule is CCCCCCCC(=O)OC[C@H](CSC[C@@H](N)C(=O)Nc1cn([C@@H]2OC(CO)C(O)C(O)C2O)nn1)OC(=O)CCCCCCC. The van der Waals surface area contributed by atoms with Crippen molar-refractivity contribution in [2.24, 2.45) is 5.73 Å². The second kappa shape index (κ2) is 22.3. The first-order valence-corrected chi connectivity index (χ1v) is 17.5. The molecule has 1 aliphatic rings. The van der Waals surface area contributed by atoms with Crippen LogP contribution in [0.4, 0.5) is 5.82 Å². The quantitative estimate of drug-likeness (QED) is 0.0712. The van der Waals surface area contributed by atoms with Gasteiger partial charge in [0, 0.05) is 24.3 Å². The molecule has 7 atom stereocenters. The van der Waals surface area contributed by atoms with Gasteiger partial charge < -0.3 is 45.7 Å². The average Bonchev–Trinajstić information content (AvgIpc) is 3.50. The van der Waals surface area contributed by atoms with E-state index >= 15 is 0 Å². The maximum absolute atomic E-state index is 12.7. The standard InChI is InChI=1S/C30H53N5O10S/c1-3-5-7-9-11-13-24(37)43-17-20(44-25(38)14-12-10-8-6-4-2)18-46-19-21(31)29(42)32-23-15-35(34-33-23)30-28(41)27(40)26(39)22(16-36)45-30/h15,20-22,26-28,30,36,39-41H,3-14,16-19,31H2,1-2H3,(H,32,42)/t20-,21-,22?,26?,27?,28?,30-/m1/s1. The van der Waals surface area contributed by atoms with Gasteiger partial charge in [0.1, 0.15) is 37.1 Å². The van der Waals surface area contributed by atoms with Gasteiger partial charge in [-0.3, -0.25) is 14.4 Å². The van der Waals surface area contributed by atoms with Crippen molar-refractivity contribution in [3.05, 3.63) is 6.20 Å². The summed E-state index contributed by atoms with van der Waals surface area (Å²) in [7, 11) is 0. The number of nitrogens with one attached hydrogen (secondary N) is 1. The summed E-state index contributed by atoms with van der Waals surface area (Å²) in [6.45, 7) is 3.57. The number of aliphatic hydroxyl groups excluding tert-OH is 4. The number of aliphatic hydroxyl groups is 4. The molecule has 2 rings (SSSR count). The van der Waals surface area contributed by atoms with Gasteiger partial charge in [0.05, 0.1) is 18.8 Å². The van der Waals surface area contributed by atoms with Gasteiger partial charge in [-0.15, -0.1) is 5.10 Å². The number of esters is 2. The third-order valence-electron chi connectivity index (χ3n) is 7.52. The Kier molecular flexibility index (Phi) is 19.3. The number of carbonyl (C=O) groups is 3.